The lowest BCUT2D eigenvalue weighted by Gasteiger charge is -2.22. The van der Waals surface area contributed by atoms with Crippen LogP contribution < -0.4 is 10.2 Å². The largest absolute Gasteiger partial charge is 0.380 e. The van der Waals surface area contributed by atoms with E-state index in [0.29, 0.717) is 0 Å². The number of nitrogens with one attached hydrogen (secondary N) is 1. The quantitative estimate of drug-likeness (QED) is 0.858. The van der Waals surface area contributed by atoms with E-state index < -0.39 is 9.84 Å². The van der Waals surface area contributed by atoms with E-state index >= 15 is 0 Å². The summed E-state index contributed by atoms with van der Waals surface area (Å²) in [6.45, 7) is 3.56. The van der Waals surface area contributed by atoms with E-state index in [9.17, 15) is 8.42 Å². The fraction of sp³-hybridized carbons (Fsp3) is 0.538. The molecule has 0 fully saturated rings. The highest BCUT2D eigenvalue weighted by molar-refractivity contribution is 9.10. The van der Waals surface area contributed by atoms with Crippen LogP contribution in [-0.2, 0) is 9.84 Å². The first-order valence-corrected chi connectivity index (χ1v) is 8.80. The highest BCUT2D eigenvalue weighted by Crippen LogP contribution is 2.28. The van der Waals surface area contributed by atoms with Crippen LogP contribution in [0.15, 0.2) is 22.7 Å². The topological polar surface area (TPSA) is 49.4 Å². The molecule has 4 nitrogen and oxygen atoms in total. The van der Waals surface area contributed by atoms with Gasteiger partial charge in [0.25, 0.3) is 0 Å². The molecule has 1 N–H and O–H groups in total. The molecular weight excluding hydrogens is 328 g/mol. The zero-order valence-corrected chi connectivity index (χ0v) is 14.2. The van der Waals surface area contributed by atoms with E-state index in [4.69, 9.17) is 0 Å². The van der Waals surface area contributed by atoms with Gasteiger partial charge < -0.3 is 10.2 Å². The van der Waals surface area contributed by atoms with Crippen LogP contribution in [0.3, 0.4) is 0 Å². The molecule has 6 heteroatoms. The van der Waals surface area contributed by atoms with Crippen molar-refractivity contribution in [1.29, 1.82) is 0 Å². The van der Waals surface area contributed by atoms with Crippen LogP contribution in [0, 0.1) is 0 Å². The number of benzene rings is 1. The summed E-state index contributed by atoms with van der Waals surface area (Å²) >= 11 is 3.43. The van der Waals surface area contributed by atoms with Crippen molar-refractivity contribution in [3.8, 4) is 0 Å². The Balaban J connectivity index is 2.90. The van der Waals surface area contributed by atoms with E-state index in [2.05, 4.69) is 21.2 Å². The molecule has 1 aromatic rings. The maximum atomic E-state index is 11.6. The van der Waals surface area contributed by atoms with Gasteiger partial charge in [-0.1, -0.05) is 22.9 Å². The summed E-state index contributed by atoms with van der Waals surface area (Å²) in [5, 5.41) is 3.27. The second-order valence-electron chi connectivity index (χ2n) is 4.80. The Morgan fingerprint density at radius 1 is 1.37 bits per heavy atom. The first-order chi connectivity index (χ1) is 8.75. The third kappa shape index (κ3) is 5.03. The van der Waals surface area contributed by atoms with Crippen LogP contribution in [-0.4, -0.2) is 40.1 Å². The molecule has 0 spiro atoms. The predicted octanol–water partition coefficient (Wildman–Crippen LogP) is 2.75. The van der Waals surface area contributed by atoms with Crippen molar-refractivity contribution in [3.05, 3.63) is 22.7 Å². The highest BCUT2D eigenvalue weighted by atomic mass is 79.9. The molecule has 0 saturated heterocycles. The molecule has 0 heterocycles. The van der Waals surface area contributed by atoms with Gasteiger partial charge in [-0.25, -0.2) is 8.42 Å². The zero-order valence-electron chi connectivity index (χ0n) is 11.8. The van der Waals surface area contributed by atoms with Gasteiger partial charge in [0.05, 0.1) is 17.1 Å². The van der Waals surface area contributed by atoms with Gasteiger partial charge in [-0.3, -0.25) is 0 Å². The summed E-state index contributed by atoms with van der Waals surface area (Å²) in [5.74, 6) is 0.320. The average molecular weight is 349 g/mol. The maximum absolute atomic E-state index is 11.6. The van der Waals surface area contributed by atoms with Crippen LogP contribution in [0.5, 0.6) is 0 Å². The van der Waals surface area contributed by atoms with Gasteiger partial charge in [0, 0.05) is 30.4 Å². The molecule has 0 radical (unpaired) electrons. The zero-order chi connectivity index (χ0) is 14.6. The van der Waals surface area contributed by atoms with Gasteiger partial charge in [-0.05, 0) is 25.1 Å². The number of sulfone groups is 1. The minimum atomic E-state index is -2.97. The molecule has 0 saturated carbocycles. The molecule has 0 aromatic heterocycles. The molecule has 1 rings (SSSR count). The SMILES string of the molecule is CCS(=O)(=O)CC(C)Nc1cc(Br)ccc1N(C)C. The first kappa shape index (κ1) is 16.3. The molecule has 0 aliphatic rings. The monoisotopic (exact) mass is 348 g/mol. The highest BCUT2D eigenvalue weighted by Gasteiger charge is 2.15. The molecule has 1 unspecified atom stereocenters. The van der Waals surface area contributed by atoms with E-state index in [1.54, 1.807) is 6.92 Å². The molecule has 0 aliphatic heterocycles. The Labute approximate surface area is 124 Å². The smallest absolute Gasteiger partial charge is 0.152 e. The Bertz CT molecular complexity index is 529. The molecule has 1 atom stereocenters. The molecule has 1 aromatic carbocycles. The molecule has 0 bridgehead atoms. The van der Waals surface area contributed by atoms with Gasteiger partial charge in [-0.2, -0.15) is 0 Å². The molecule has 0 amide bonds. The average Bonchev–Trinajstić information content (AvgIpc) is 2.27. The second-order valence-corrected chi connectivity index (χ2v) is 8.11. The third-order valence-corrected chi connectivity index (χ3v) is 5.17. The van der Waals surface area contributed by atoms with Crippen molar-refractivity contribution >= 4 is 37.1 Å². The normalized spacial score (nSPS) is 13.1. The van der Waals surface area contributed by atoms with Crippen molar-refractivity contribution in [3.63, 3.8) is 0 Å². The summed E-state index contributed by atoms with van der Waals surface area (Å²) in [7, 11) is 0.951. The third-order valence-electron chi connectivity index (χ3n) is 2.79. The van der Waals surface area contributed by atoms with Gasteiger partial charge in [-0.15, -0.1) is 0 Å². The Morgan fingerprint density at radius 3 is 2.53 bits per heavy atom. The van der Waals surface area contributed by atoms with Gasteiger partial charge in [0.2, 0.25) is 0 Å². The molecule has 19 heavy (non-hydrogen) atoms. The van der Waals surface area contributed by atoms with Crippen LogP contribution >= 0.6 is 15.9 Å². The van der Waals surface area contributed by atoms with Gasteiger partial charge in [0.1, 0.15) is 0 Å². The van der Waals surface area contributed by atoms with E-state index in [0.717, 1.165) is 15.8 Å². The minimum Gasteiger partial charge on any atom is -0.380 e. The lowest BCUT2D eigenvalue weighted by molar-refractivity contribution is 0.593. The standard InChI is InChI=1S/C13H21BrN2O2S/c1-5-19(17,18)9-10(2)15-12-8-11(14)6-7-13(12)16(3)4/h6-8,10,15H,5,9H2,1-4H3. The van der Waals surface area contributed by atoms with Crippen molar-refractivity contribution < 1.29 is 8.42 Å². The number of anilines is 2. The molecular formula is C13H21BrN2O2S. The summed E-state index contributed by atoms with van der Waals surface area (Å²) in [6.07, 6.45) is 0. The van der Waals surface area contributed by atoms with Crippen molar-refractivity contribution in [1.82, 2.24) is 0 Å². The van der Waals surface area contributed by atoms with E-state index in [-0.39, 0.29) is 17.5 Å². The summed E-state index contributed by atoms with van der Waals surface area (Å²) < 4.78 is 24.2. The van der Waals surface area contributed by atoms with Crippen molar-refractivity contribution in [2.24, 2.45) is 0 Å². The van der Waals surface area contributed by atoms with Crippen molar-refractivity contribution in [2.75, 3.05) is 35.8 Å². The number of hydrogen-bond donors (Lipinski definition) is 1. The Hall–Kier alpha value is -0.750. The van der Waals surface area contributed by atoms with E-state index in [1.165, 1.54) is 0 Å². The van der Waals surface area contributed by atoms with Crippen molar-refractivity contribution in [2.45, 2.75) is 19.9 Å². The van der Waals surface area contributed by atoms with Gasteiger partial charge in [0.15, 0.2) is 9.84 Å². The van der Waals surface area contributed by atoms with Crippen LogP contribution in [0.2, 0.25) is 0 Å². The summed E-state index contributed by atoms with van der Waals surface area (Å²) in [5.41, 5.74) is 1.96. The number of halogens is 1. The summed E-state index contributed by atoms with van der Waals surface area (Å²) in [6, 6.07) is 5.80. The minimum absolute atomic E-state index is 0.127. The molecule has 108 valence electrons. The summed E-state index contributed by atoms with van der Waals surface area (Å²) in [4.78, 5) is 2.00. The lowest BCUT2D eigenvalue weighted by atomic mass is 10.2. The second kappa shape index (κ2) is 6.61. The fourth-order valence-electron chi connectivity index (χ4n) is 1.82. The lowest BCUT2D eigenvalue weighted by Crippen LogP contribution is -2.27. The fourth-order valence-corrected chi connectivity index (χ4v) is 3.26. The van der Waals surface area contributed by atoms with Gasteiger partial charge >= 0.3 is 0 Å². The van der Waals surface area contributed by atoms with Crippen LogP contribution in [0.4, 0.5) is 11.4 Å². The van der Waals surface area contributed by atoms with Crippen LogP contribution in [0.25, 0.3) is 0 Å². The van der Waals surface area contributed by atoms with Crippen LogP contribution in [0.1, 0.15) is 13.8 Å². The first-order valence-electron chi connectivity index (χ1n) is 6.19. The number of hydrogen-bond acceptors (Lipinski definition) is 4. The number of nitrogens with zero attached hydrogens (tertiary/aromatic N) is 1. The number of rotatable bonds is 6. The van der Waals surface area contributed by atoms with E-state index in [1.807, 2.05) is 44.1 Å². The molecule has 0 aliphatic carbocycles. The maximum Gasteiger partial charge on any atom is 0.152 e. The Kier molecular flexibility index (Phi) is 5.67. The predicted molar refractivity (Wildman–Crippen MR) is 85.9 cm³/mol. The Morgan fingerprint density at radius 2 is 2.00 bits per heavy atom.